The smallest absolute Gasteiger partial charge is 0.178 e. The maximum Gasteiger partial charge on any atom is 0.178 e. The van der Waals surface area contributed by atoms with Gasteiger partial charge in [-0.2, -0.15) is 0 Å². The highest BCUT2D eigenvalue weighted by Gasteiger charge is 2.38. The molecule has 1 aromatic heterocycles. The van der Waals surface area contributed by atoms with E-state index in [-0.39, 0.29) is 10.1 Å². The molecule has 2 N–H and O–H groups in total. The molecule has 0 amide bonds. The van der Waals surface area contributed by atoms with Crippen LogP contribution in [0.5, 0.6) is 10.1 Å². The molecule has 0 aromatic carbocycles. The van der Waals surface area contributed by atoms with Gasteiger partial charge in [0, 0.05) is 17.0 Å². The summed E-state index contributed by atoms with van der Waals surface area (Å²) in [5, 5.41) is 18.6. The monoisotopic (exact) mass is 142 g/mol. The molecular formula is C6H6O2S. The molecule has 0 radical (unpaired) electrons. The molecule has 1 heterocycles. The zero-order chi connectivity index (χ0) is 6.59. The van der Waals surface area contributed by atoms with Crippen molar-refractivity contribution in [2.24, 2.45) is 0 Å². The third-order valence-corrected chi connectivity index (χ3v) is 2.55. The van der Waals surface area contributed by atoms with Gasteiger partial charge in [-0.3, -0.25) is 0 Å². The van der Waals surface area contributed by atoms with Gasteiger partial charge in [0.05, 0.1) is 0 Å². The molecule has 0 unspecified atom stereocenters. The van der Waals surface area contributed by atoms with Gasteiger partial charge in [-0.15, -0.1) is 0 Å². The average molecular weight is 142 g/mol. The molecule has 2 rings (SSSR count). The minimum Gasteiger partial charge on any atom is -0.499 e. The molecular weight excluding hydrogens is 136 g/mol. The minimum atomic E-state index is 0.287. The number of thiophene rings is 1. The van der Waals surface area contributed by atoms with E-state index in [1.54, 1.807) is 0 Å². The molecule has 3 heteroatoms. The van der Waals surface area contributed by atoms with Gasteiger partial charge in [-0.05, 0) is 0 Å². The molecule has 0 saturated heterocycles. The van der Waals surface area contributed by atoms with Crippen molar-refractivity contribution in [2.75, 3.05) is 0 Å². The number of rotatable bonds is 0. The molecule has 1 aliphatic rings. The zero-order valence-electron chi connectivity index (χ0n) is 4.88. The van der Waals surface area contributed by atoms with Crippen LogP contribution in [0.3, 0.4) is 0 Å². The van der Waals surface area contributed by atoms with E-state index < -0.39 is 0 Å². The van der Waals surface area contributed by atoms with Crippen LogP contribution in [0.15, 0.2) is 0 Å². The van der Waals surface area contributed by atoms with Crippen molar-refractivity contribution in [3.8, 4) is 10.1 Å². The summed E-state index contributed by atoms with van der Waals surface area (Å²) in [5.74, 6) is 0.311. The van der Waals surface area contributed by atoms with Crippen molar-refractivity contribution < 1.29 is 10.2 Å². The first-order valence-electron chi connectivity index (χ1n) is 2.76. The van der Waals surface area contributed by atoms with E-state index in [0.29, 0.717) is 5.92 Å². The highest BCUT2D eigenvalue weighted by Crippen LogP contribution is 2.59. The highest BCUT2D eigenvalue weighted by molar-refractivity contribution is 7.16. The Morgan fingerprint density at radius 2 is 1.67 bits per heavy atom. The van der Waals surface area contributed by atoms with Crippen LogP contribution in [-0.2, 0) is 0 Å². The second kappa shape index (κ2) is 1.24. The molecule has 9 heavy (non-hydrogen) atoms. The maximum atomic E-state index is 9.02. The van der Waals surface area contributed by atoms with E-state index in [1.165, 1.54) is 0 Å². The van der Waals surface area contributed by atoms with Crippen LogP contribution in [-0.4, -0.2) is 10.2 Å². The van der Waals surface area contributed by atoms with E-state index in [0.717, 1.165) is 22.5 Å². The average Bonchev–Trinajstić information content (AvgIpc) is 2.30. The van der Waals surface area contributed by atoms with E-state index in [1.807, 2.05) is 6.92 Å². The Kier molecular flexibility index (Phi) is 0.703. The number of hydrogen-bond acceptors (Lipinski definition) is 3. The minimum absolute atomic E-state index is 0.287. The molecule has 0 fully saturated rings. The van der Waals surface area contributed by atoms with Gasteiger partial charge in [0.1, 0.15) is 0 Å². The van der Waals surface area contributed by atoms with Gasteiger partial charge < -0.3 is 10.2 Å². The molecule has 2 nitrogen and oxygen atoms in total. The first-order valence-corrected chi connectivity index (χ1v) is 3.58. The van der Waals surface area contributed by atoms with Crippen LogP contribution in [0.1, 0.15) is 24.0 Å². The van der Waals surface area contributed by atoms with Crippen LogP contribution < -0.4 is 0 Å². The first-order chi connectivity index (χ1) is 4.22. The lowest BCUT2D eigenvalue weighted by molar-refractivity contribution is 0.480. The number of hydrogen-bond donors (Lipinski definition) is 2. The van der Waals surface area contributed by atoms with Gasteiger partial charge in [-0.1, -0.05) is 18.3 Å². The van der Waals surface area contributed by atoms with Gasteiger partial charge in [0.15, 0.2) is 10.1 Å². The SMILES string of the molecule is CC1c2c(O)sc(O)c21. The van der Waals surface area contributed by atoms with Crippen molar-refractivity contribution in [3.05, 3.63) is 11.1 Å². The standard InChI is InChI=1S/C6H6O2S/c1-2-3-4(2)6(8)9-5(3)7/h2,7-8H,1H3. The predicted molar refractivity (Wildman–Crippen MR) is 35.2 cm³/mol. The number of fused-ring (bicyclic) bond motifs is 1. The van der Waals surface area contributed by atoms with E-state index >= 15 is 0 Å². The summed E-state index contributed by atoms with van der Waals surface area (Å²) >= 11 is 1.05. The van der Waals surface area contributed by atoms with E-state index in [2.05, 4.69) is 0 Å². The molecule has 0 spiro atoms. The lowest BCUT2D eigenvalue weighted by Gasteiger charge is -1.86. The second-order valence-corrected chi connectivity index (χ2v) is 3.24. The van der Waals surface area contributed by atoms with Gasteiger partial charge in [0.25, 0.3) is 0 Å². The fourth-order valence-electron chi connectivity index (χ4n) is 1.14. The molecule has 1 aromatic rings. The van der Waals surface area contributed by atoms with Crippen LogP contribution >= 0.6 is 11.3 Å². The molecule has 0 bridgehead atoms. The van der Waals surface area contributed by atoms with Crippen molar-refractivity contribution >= 4 is 11.3 Å². The Hall–Kier alpha value is -0.700. The quantitative estimate of drug-likeness (QED) is 0.578. The molecule has 1 aliphatic carbocycles. The summed E-state index contributed by atoms with van der Waals surface area (Å²) in [6, 6.07) is 0. The summed E-state index contributed by atoms with van der Waals surface area (Å²) in [6.45, 7) is 1.97. The Balaban J connectivity index is 2.62. The van der Waals surface area contributed by atoms with Crippen LogP contribution in [0, 0.1) is 0 Å². The Labute approximate surface area is 56.4 Å². The first kappa shape index (κ1) is 5.11. The molecule has 0 saturated carbocycles. The molecule has 48 valence electrons. The van der Waals surface area contributed by atoms with Crippen molar-refractivity contribution in [3.63, 3.8) is 0 Å². The van der Waals surface area contributed by atoms with Crippen LogP contribution in [0.25, 0.3) is 0 Å². The third kappa shape index (κ3) is 0.452. The van der Waals surface area contributed by atoms with Crippen LogP contribution in [0.4, 0.5) is 0 Å². The number of aromatic hydroxyl groups is 2. The molecule has 0 aliphatic heterocycles. The normalized spacial score (nSPS) is 15.7. The lowest BCUT2D eigenvalue weighted by Crippen LogP contribution is -1.61. The summed E-state index contributed by atoms with van der Waals surface area (Å²) in [6.07, 6.45) is 0. The summed E-state index contributed by atoms with van der Waals surface area (Å²) in [5.41, 5.74) is 1.88. The third-order valence-electron chi connectivity index (χ3n) is 1.73. The Morgan fingerprint density at radius 3 is 1.89 bits per heavy atom. The maximum absolute atomic E-state index is 9.02. The summed E-state index contributed by atoms with van der Waals surface area (Å²) in [7, 11) is 0. The lowest BCUT2D eigenvalue weighted by atomic mass is 10.4. The fraction of sp³-hybridized carbons (Fsp3) is 0.333. The van der Waals surface area contributed by atoms with Crippen LogP contribution in [0.2, 0.25) is 0 Å². The van der Waals surface area contributed by atoms with E-state index in [9.17, 15) is 0 Å². The van der Waals surface area contributed by atoms with Gasteiger partial charge >= 0.3 is 0 Å². The van der Waals surface area contributed by atoms with Crippen molar-refractivity contribution in [2.45, 2.75) is 12.8 Å². The summed E-state index contributed by atoms with van der Waals surface area (Å²) in [4.78, 5) is 0. The van der Waals surface area contributed by atoms with Crippen molar-refractivity contribution in [1.29, 1.82) is 0 Å². The zero-order valence-corrected chi connectivity index (χ0v) is 5.70. The summed E-state index contributed by atoms with van der Waals surface area (Å²) < 4.78 is 0. The van der Waals surface area contributed by atoms with Gasteiger partial charge in [0.2, 0.25) is 0 Å². The van der Waals surface area contributed by atoms with Gasteiger partial charge in [-0.25, -0.2) is 0 Å². The predicted octanol–water partition coefficient (Wildman–Crippen LogP) is 1.62. The Bertz CT molecular complexity index is 240. The highest BCUT2D eigenvalue weighted by atomic mass is 32.1. The Morgan fingerprint density at radius 1 is 1.22 bits per heavy atom. The fourth-order valence-corrected chi connectivity index (χ4v) is 2.11. The second-order valence-electron chi connectivity index (χ2n) is 2.26. The van der Waals surface area contributed by atoms with E-state index in [4.69, 9.17) is 10.2 Å². The van der Waals surface area contributed by atoms with Crippen molar-refractivity contribution in [1.82, 2.24) is 0 Å². The topological polar surface area (TPSA) is 40.5 Å². The molecule has 0 atom stereocenters. The largest absolute Gasteiger partial charge is 0.499 e.